The predicted octanol–water partition coefficient (Wildman–Crippen LogP) is 4.70. The van der Waals surface area contributed by atoms with Gasteiger partial charge in [-0.1, -0.05) is 34.1 Å². The molecule has 0 unspecified atom stereocenters. The van der Waals surface area contributed by atoms with Gasteiger partial charge in [-0.15, -0.1) is 0 Å². The Bertz CT molecular complexity index is 865. The number of hydrogen-bond acceptors (Lipinski definition) is 3. The molecule has 0 atom stereocenters. The van der Waals surface area contributed by atoms with Crippen LogP contribution in [0, 0.1) is 5.41 Å². The summed E-state index contributed by atoms with van der Waals surface area (Å²) in [6, 6.07) is 3.15. The van der Waals surface area contributed by atoms with Crippen molar-refractivity contribution in [3.63, 3.8) is 0 Å². The molecule has 2 rings (SSSR count). The number of nitrogens with zero attached hydrogens (tertiary/aromatic N) is 1. The molecule has 2 aromatic rings. The van der Waals surface area contributed by atoms with E-state index in [0.29, 0.717) is 18.8 Å². The fourth-order valence-electron chi connectivity index (χ4n) is 2.97. The van der Waals surface area contributed by atoms with E-state index in [1.54, 1.807) is 0 Å². The first-order valence-electron chi connectivity index (χ1n) is 9.09. The van der Waals surface area contributed by atoms with Crippen molar-refractivity contribution in [3.8, 4) is 5.75 Å². The topological polar surface area (TPSA) is 57.2 Å². The molecule has 0 aliphatic heterocycles. The number of unbranched alkanes of at least 4 members (excludes halogenated alkanes) is 1. The zero-order valence-corrected chi connectivity index (χ0v) is 16.2. The van der Waals surface area contributed by atoms with E-state index in [-0.39, 0.29) is 34.0 Å². The van der Waals surface area contributed by atoms with Crippen molar-refractivity contribution < 1.29 is 17.9 Å². The van der Waals surface area contributed by atoms with Crippen molar-refractivity contribution in [1.29, 1.82) is 0 Å². The summed E-state index contributed by atoms with van der Waals surface area (Å²) in [4.78, 5) is 13.0. The van der Waals surface area contributed by atoms with E-state index in [2.05, 4.69) is 0 Å². The molecular formula is C20H27F3N2O2. The lowest BCUT2D eigenvalue weighted by molar-refractivity contribution is -0.137. The lowest BCUT2D eigenvalue weighted by Gasteiger charge is -2.25. The number of nitrogens with two attached hydrogens (primary N) is 1. The van der Waals surface area contributed by atoms with Crippen LogP contribution in [0.5, 0.6) is 5.75 Å². The fourth-order valence-corrected chi connectivity index (χ4v) is 2.97. The highest BCUT2D eigenvalue weighted by atomic mass is 19.4. The van der Waals surface area contributed by atoms with Gasteiger partial charge in [0.15, 0.2) is 0 Å². The summed E-state index contributed by atoms with van der Waals surface area (Å²) in [5.74, 6) is 0.274. The summed E-state index contributed by atoms with van der Waals surface area (Å²) in [7, 11) is 0. The maximum atomic E-state index is 13.2. The third-order valence-corrected chi connectivity index (χ3v) is 4.23. The Morgan fingerprint density at radius 1 is 1.15 bits per heavy atom. The quantitative estimate of drug-likeness (QED) is 0.734. The van der Waals surface area contributed by atoms with Gasteiger partial charge in [0.1, 0.15) is 5.75 Å². The van der Waals surface area contributed by atoms with Crippen LogP contribution in [-0.2, 0) is 19.3 Å². The van der Waals surface area contributed by atoms with Crippen LogP contribution in [0.1, 0.15) is 51.8 Å². The van der Waals surface area contributed by atoms with Gasteiger partial charge in [-0.05, 0) is 30.0 Å². The van der Waals surface area contributed by atoms with E-state index in [0.717, 1.165) is 25.0 Å². The molecule has 1 aromatic heterocycles. The Kier molecular flexibility index (Phi) is 6.24. The summed E-state index contributed by atoms with van der Waals surface area (Å²) >= 11 is 0. The zero-order valence-electron chi connectivity index (χ0n) is 16.2. The van der Waals surface area contributed by atoms with Crippen molar-refractivity contribution in [1.82, 2.24) is 4.57 Å². The Morgan fingerprint density at radius 2 is 1.81 bits per heavy atom. The minimum absolute atomic E-state index is 0.00103. The maximum absolute atomic E-state index is 13.2. The number of ether oxygens (including phenoxy) is 1. The second kappa shape index (κ2) is 7.92. The second-order valence-electron chi connectivity index (χ2n) is 7.89. The molecule has 4 nitrogen and oxygen atoms in total. The van der Waals surface area contributed by atoms with Crippen LogP contribution < -0.4 is 16.0 Å². The van der Waals surface area contributed by atoms with Crippen LogP contribution in [0.2, 0.25) is 0 Å². The Hall–Kier alpha value is -2.02. The van der Waals surface area contributed by atoms with E-state index in [9.17, 15) is 18.0 Å². The van der Waals surface area contributed by atoms with E-state index in [1.807, 2.05) is 27.7 Å². The summed E-state index contributed by atoms with van der Waals surface area (Å²) in [6.45, 7) is 8.67. The molecule has 2 N–H and O–H groups in total. The van der Waals surface area contributed by atoms with Crippen LogP contribution in [0.4, 0.5) is 13.2 Å². The molecule has 27 heavy (non-hydrogen) atoms. The summed E-state index contributed by atoms with van der Waals surface area (Å²) in [5, 5.41) is 0.368. The SMILES string of the molecule is CCCCOc1c(CN)n(CC(C)(C)C)c(=O)c2ccc(C(F)(F)F)cc12. The molecule has 0 saturated heterocycles. The number of hydrogen-bond donors (Lipinski definition) is 1. The first-order valence-corrected chi connectivity index (χ1v) is 9.09. The van der Waals surface area contributed by atoms with Crippen molar-refractivity contribution in [3.05, 3.63) is 39.8 Å². The minimum Gasteiger partial charge on any atom is -0.491 e. The van der Waals surface area contributed by atoms with Crippen LogP contribution in [0.25, 0.3) is 10.8 Å². The third-order valence-electron chi connectivity index (χ3n) is 4.23. The average molecular weight is 384 g/mol. The molecule has 0 spiro atoms. The molecule has 0 amide bonds. The van der Waals surface area contributed by atoms with Crippen LogP contribution >= 0.6 is 0 Å². The molecule has 0 fully saturated rings. The number of halogens is 3. The molecule has 0 radical (unpaired) electrons. The third kappa shape index (κ3) is 4.83. The first-order chi connectivity index (χ1) is 12.5. The van der Waals surface area contributed by atoms with Gasteiger partial charge < -0.3 is 15.0 Å². The van der Waals surface area contributed by atoms with E-state index >= 15 is 0 Å². The van der Waals surface area contributed by atoms with Crippen molar-refractivity contribution in [2.75, 3.05) is 6.61 Å². The first kappa shape index (κ1) is 21.3. The fraction of sp³-hybridized carbons (Fsp3) is 0.550. The predicted molar refractivity (Wildman–Crippen MR) is 101 cm³/mol. The van der Waals surface area contributed by atoms with Crippen molar-refractivity contribution in [2.24, 2.45) is 11.1 Å². The van der Waals surface area contributed by atoms with E-state index in [4.69, 9.17) is 10.5 Å². The molecule has 0 saturated carbocycles. The normalized spacial score (nSPS) is 12.6. The minimum atomic E-state index is -4.50. The van der Waals surface area contributed by atoms with Crippen molar-refractivity contribution in [2.45, 2.75) is 59.8 Å². The van der Waals surface area contributed by atoms with Gasteiger partial charge in [0.25, 0.3) is 5.56 Å². The summed E-state index contributed by atoms with van der Waals surface area (Å²) in [6.07, 6.45) is -2.87. The van der Waals surface area contributed by atoms with Crippen LogP contribution in [-0.4, -0.2) is 11.2 Å². The van der Waals surface area contributed by atoms with Crippen LogP contribution in [0.3, 0.4) is 0 Å². The van der Waals surface area contributed by atoms with E-state index in [1.165, 1.54) is 10.6 Å². The number of aromatic nitrogens is 1. The maximum Gasteiger partial charge on any atom is 0.416 e. The standard InChI is InChI=1S/C20H27F3N2O2/c1-5-6-9-27-17-15-10-13(20(21,22)23)7-8-14(15)18(26)25(16(17)11-24)12-19(2,3)4/h7-8,10H,5-6,9,11-12,24H2,1-4H3. The summed E-state index contributed by atoms with van der Waals surface area (Å²) in [5.41, 5.74) is 4.95. The van der Waals surface area contributed by atoms with Gasteiger partial charge in [0.05, 0.1) is 23.3 Å². The van der Waals surface area contributed by atoms with E-state index < -0.39 is 11.7 Å². The smallest absolute Gasteiger partial charge is 0.416 e. The number of benzene rings is 1. The molecular weight excluding hydrogens is 357 g/mol. The molecule has 0 aliphatic carbocycles. The van der Waals surface area contributed by atoms with Gasteiger partial charge in [-0.2, -0.15) is 13.2 Å². The van der Waals surface area contributed by atoms with Crippen LogP contribution in [0.15, 0.2) is 23.0 Å². The number of rotatable bonds is 6. The highest BCUT2D eigenvalue weighted by Gasteiger charge is 2.31. The Balaban J connectivity index is 2.81. The van der Waals surface area contributed by atoms with Gasteiger partial charge in [0.2, 0.25) is 0 Å². The molecule has 0 aliphatic rings. The Morgan fingerprint density at radius 3 is 2.33 bits per heavy atom. The van der Waals surface area contributed by atoms with Gasteiger partial charge in [0, 0.05) is 18.5 Å². The molecule has 7 heteroatoms. The average Bonchev–Trinajstić information content (AvgIpc) is 2.56. The largest absolute Gasteiger partial charge is 0.491 e. The Labute approximate surface area is 157 Å². The number of alkyl halides is 3. The van der Waals surface area contributed by atoms with Gasteiger partial charge in [-0.25, -0.2) is 0 Å². The second-order valence-corrected chi connectivity index (χ2v) is 7.89. The lowest BCUT2D eigenvalue weighted by Crippen LogP contribution is -2.31. The summed E-state index contributed by atoms with van der Waals surface area (Å²) < 4.78 is 47.0. The number of fused-ring (bicyclic) bond motifs is 1. The molecule has 1 aromatic carbocycles. The monoisotopic (exact) mass is 384 g/mol. The van der Waals surface area contributed by atoms with Gasteiger partial charge in [-0.3, -0.25) is 4.79 Å². The van der Waals surface area contributed by atoms with Crippen molar-refractivity contribution >= 4 is 10.8 Å². The highest BCUT2D eigenvalue weighted by molar-refractivity contribution is 5.89. The zero-order chi connectivity index (χ0) is 20.4. The molecule has 0 bridgehead atoms. The molecule has 150 valence electrons. The highest BCUT2D eigenvalue weighted by Crippen LogP contribution is 2.35. The molecule has 1 heterocycles. The van der Waals surface area contributed by atoms with Gasteiger partial charge >= 0.3 is 6.18 Å². The number of pyridine rings is 1. The lowest BCUT2D eigenvalue weighted by atomic mass is 9.96.